The number of aryl methyl sites for hydroxylation is 1. The standard InChI is InChI=1S/C26H30N2O4S/c1-20(23-11-13-24(32-2)14-12-23)28-26(29)17-10-22-8-15-25(16-9-22)33(30,31)27-19-18-21-6-4-3-5-7-21/h3-9,11-16,20,27H,10,17-19H2,1-2H3,(H,28,29). The Balaban J connectivity index is 1.46. The second kappa shape index (κ2) is 11.6. The number of carbonyl (C=O) groups excluding carboxylic acids is 1. The monoisotopic (exact) mass is 466 g/mol. The molecule has 7 heteroatoms. The van der Waals surface area contributed by atoms with E-state index < -0.39 is 10.0 Å². The van der Waals surface area contributed by atoms with E-state index in [4.69, 9.17) is 4.74 Å². The topological polar surface area (TPSA) is 84.5 Å². The lowest BCUT2D eigenvalue weighted by molar-refractivity contribution is -0.121. The van der Waals surface area contributed by atoms with E-state index in [1.807, 2.05) is 61.5 Å². The highest BCUT2D eigenvalue weighted by molar-refractivity contribution is 7.89. The van der Waals surface area contributed by atoms with E-state index in [2.05, 4.69) is 10.0 Å². The number of nitrogens with one attached hydrogen (secondary N) is 2. The molecule has 1 atom stereocenters. The Morgan fingerprint density at radius 2 is 1.52 bits per heavy atom. The summed E-state index contributed by atoms with van der Waals surface area (Å²) in [6.07, 6.45) is 1.48. The lowest BCUT2D eigenvalue weighted by atomic mass is 10.1. The molecular formula is C26H30N2O4S. The third kappa shape index (κ3) is 7.44. The molecule has 0 heterocycles. The Morgan fingerprint density at radius 3 is 2.15 bits per heavy atom. The molecular weight excluding hydrogens is 436 g/mol. The zero-order valence-corrected chi connectivity index (χ0v) is 19.8. The molecule has 0 saturated carbocycles. The number of hydrogen-bond acceptors (Lipinski definition) is 4. The summed E-state index contributed by atoms with van der Waals surface area (Å²) in [4.78, 5) is 12.6. The van der Waals surface area contributed by atoms with E-state index in [0.717, 1.165) is 22.4 Å². The molecule has 0 spiro atoms. The Bertz CT molecular complexity index is 1130. The van der Waals surface area contributed by atoms with Gasteiger partial charge < -0.3 is 10.1 Å². The average Bonchev–Trinajstić information content (AvgIpc) is 2.83. The van der Waals surface area contributed by atoms with Gasteiger partial charge >= 0.3 is 0 Å². The van der Waals surface area contributed by atoms with Gasteiger partial charge in [-0.3, -0.25) is 4.79 Å². The molecule has 1 amide bonds. The van der Waals surface area contributed by atoms with Gasteiger partial charge in [-0.15, -0.1) is 0 Å². The number of benzene rings is 3. The van der Waals surface area contributed by atoms with Crippen LogP contribution in [0.1, 0.15) is 36.1 Å². The van der Waals surface area contributed by atoms with Crippen molar-refractivity contribution >= 4 is 15.9 Å². The molecule has 3 rings (SSSR count). The summed E-state index contributed by atoms with van der Waals surface area (Å²) in [6, 6.07) is 23.9. The maximum Gasteiger partial charge on any atom is 0.240 e. The Labute approximate surface area is 196 Å². The summed E-state index contributed by atoms with van der Waals surface area (Å²) in [5.41, 5.74) is 2.99. The molecule has 33 heavy (non-hydrogen) atoms. The molecule has 6 nitrogen and oxygen atoms in total. The van der Waals surface area contributed by atoms with Crippen LogP contribution in [0, 0.1) is 0 Å². The zero-order valence-electron chi connectivity index (χ0n) is 19.0. The largest absolute Gasteiger partial charge is 0.497 e. The molecule has 3 aromatic carbocycles. The van der Waals surface area contributed by atoms with Crippen molar-refractivity contribution in [2.75, 3.05) is 13.7 Å². The van der Waals surface area contributed by atoms with Crippen LogP contribution in [-0.2, 0) is 27.7 Å². The SMILES string of the molecule is COc1ccc(C(C)NC(=O)CCc2ccc(S(=O)(=O)NCCc3ccccc3)cc2)cc1. The predicted octanol–water partition coefficient (Wildman–Crippen LogP) is 4.03. The minimum absolute atomic E-state index is 0.0578. The van der Waals surface area contributed by atoms with Crippen molar-refractivity contribution in [3.8, 4) is 5.75 Å². The molecule has 0 fully saturated rings. The third-order valence-corrected chi connectivity index (χ3v) is 6.89. The maximum absolute atomic E-state index is 12.5. The van der Waals surface area contributed by atoms with Gasteiger partial charge in [0.1, 0.15) is 5.75 Å². The van der Waals surface area contributed by atoms with Crippen LogP contribution in [0.15, 0.2) is 83.8 Å². The summed E-state index contributed by atoms with van der Waals surface area (Å²) in [5.74, 6) is 0.715. The van der Waals surface area contributed by atoms with Crippen LogP contribution in [0.25, 0.3) is 0 Å². The second-order valence-electron chi connectivity index (χ2n) is 7.84. The number of ether oxygens (including phenoxy) is 1. The number of amides is 1. The van der Waals surface area contributed by atoms with Gasteiger partial charge in [0.05, 0.1) is 18.0 Å². The number of hydrogen-bond donors (Lipinski definition) is 2. The van der Waals surface area contributed by atoms with Gasteiger partial charge in [0.15, 0.2) is 0 Å². The van der Waals surface area contributed by atoms with Crippen molar-refractivity contribution in [3.05, 3.63) is 95.6 Å². The normalized spacial score (nSPS) is 12.2. The molecule has 3 aromatic rings. The van der Waals surface area contributed by atoms with Crippen molar-refractivity contribution in [1.29, 1.82) is 0 Å². The molecule has 0 aliphatic carbocycles. The molecule has 0 saturated heterocycles. The first-order chi connectivity index (χ1) is 15.9. The van der Waals surface area contributed by atoms with Crippen LogP contribution >= 0.6 is 0 Å². The first-order valence-corrected chi connectivity index (χ1v) is 12.4. The summed E-state index contributed by atoms with van der Waals surface area (Å²) in [7, 11) is -1.95. The quantitative estimate of drug-likeness (QED) is 0.447. The first-order valence-electron chi connectivity index (χ1n) is 10.9. The highest BCUT2D eigenvalue weighted by atomic mass is 32.2. The van der Waals surface area contributed by atoms with Crippen LogP contribution < -0.4 is 14.8 Å². The van der Waals surface area contributed by atoms with Gasteiger partial charge in [0.2, 0.25) is 15.9 Å². The summed E-state index contributed by atoms with van der Waals surface area (Å²) in [5, 5.41) is 2.99. The number of sulfonamides is 1. The summed E-state index contributed by atoms with van der Waals surface area (Å²) in [6.45, 7) is 2.27. The molecule has 0 bridgehead atoms. The summed E-state index contributed by atoms with van der Waals surface area (Å²) >= 11 is 0. The van der Waals surface area contributed by atoms with Crippen molar-refractivity contribution in [2.24, 2.45) is 0 Å². The zero-order chi connectivity index (χ0) is 23.7. The highest BCUT2D eigenvalue weighted by Gasteiger charge is 2.14. The Hall–Kier alpha value is -3.16. The van der Waals surface area contributed by atoms with Gasteiger partial charge in [-0.05, 0) is 60.7 Å². The first kappa shape index (κ1) is 24.5. The minimum Gasteiger partial charge on any atom is -0.497 e. The lowest BCUT2D eigenvalue weighted by Crippen LogP contribution is -2.27. The van der Waals surface area contributed by atoms with Gasteiger partial charge in [0, 0.05) is 13.0 Å². The molecule has 0 aliphatic heterocycles. The van der Waals surface area contributed by atoms with Gasteiger partial charge in [-0.1, -0.05) is 54.6 Å². The van der Waals surface area contributed by atoms with E-state index >= 15 is 0 Å². The number of methoxy groups -OCH3 is 1. The highest BCUT2D eigenvalue weighted by Crippen LogP contribution is 2.18. The van der Waals surface area contributed by atoms with Crippen molar-refractivity contribution in [1.82, 2.24) is 10.0 Å². The maximum atomic E-state index is 12.5. The fourth-order valence-electron chi connectivity index (χ4n) is 3.44. The van der Waals surface area contributed by atoms with E-state index in [1.165, 1.54) is 0 Å². The fraction of sp³-hybridized carbons (Fsp3) is 0.269. The molecule has 0 aromatic heterocycles. The van der Waals surface area contributed by atoms with Crippen LogP contribution in [0.5, 0.6) is 5.75 Å². The molecule has 0 aliphatic rings. The molecule has 174 valence electrons. The van der Waals surface area contributed by atoms with Crippen LogP contribution in [-0.4, -0.2) is 28.0 Å². The van der Waals surface area contributed by atoms with Crippen molar-refractivity contribution in [2.45, 2.75) is 37.1 Å². The molecule has 0 radical (unpaired) electrons. The fourth-order valence-corrected chi connectivity index (χ4v) is 4.47. The third-order valence-electron chi connectivity index (χ3n) is 5.42. The van der Waals surface area contributed by atoms with E-state index in [0.29, 0.717) is 25.8 Å². The predicted molar refractivity (Wildman–Crippen MR) is 130 cm³/mol. The van der Waals surface area contributed by atoms with Gasteiger partial charge in [-0.25, -0.2) is 13.1 Å². The van der Waals surface area contributed by atoms with Crippen LogP contribution in [0.4, 0.5) is 0 Å². The Kier molecular flexibility index (Phi) is 8.63. The van der Waals surface area contributed by atoms with Crippen LogP contribution in [0.2, 0.25) is 0 Å². The van der Waals surface area contributed by atoms with Crippen LogP contribution in [0.3, 0.4) is 0 Å². The van der Waals surface area contributed by atoms with Crippen molar-refractivity contribution < 1.29 is 17.9 Å². The van der Waals surface area contributed by atoms with E-state index in [1.54, 1.807) is 31.4 Å². The van der Waals surface area contributed by atoms with E-state index in [9.17, 15) is 13.2 Å². The smallest absolute Gasteiger partial charge is 0.240 e. The molecule has 1 unspecified atom stereocenters. The average molecular weight is 467 g/mol. The van der Waals surface area contributed by atoms with Crippen molar-refractivity contribution in [3.63, 3.8) is 0 Å². The van der Waals surface area contributed by atoms with Gasteiger partial charge in [-0.2, -0.15) is 0 Å². The minimum atomic E-state index is -3.57. The lowest BCUT2D eigenvalue weighted by Gasteiger charge is -2.15. The number of rotatable bonds is 11. The molecule has 2 N–H and O–H groups in total. The Morgan fingerprint density at radius 1 is 0.879 bits per heavy atom. The summed E-state index contributed by atoms with van der Waals surface area (Å²) < 4.78 is 32.8. The van der Waals surface area contributed by atoms with E-state index in [-0.39, 0.29) is 16.8 Å². The number of carbonyl (C=O) groups is 1. The second-order valence-corrected chi connectivity index (χ2v) is 9.61. The van der Waals surface area contributed by atoms with Gasteiger partial charge in [0.25, 0.3) is 0 Å².